The highest BCUT2D eigenvalue weighted by Crippen LogP contribution is 2.12. The van der Waals surface area contributed by atoms with E-state index in [1.165, 1.54) is 0 Å². The SMILES string of the molecule is N#Cc1cccc(NC(=O)COCc2cccc(Br)c2)c1. The number of hydrogen-bond acceptors (Lipinski definition) is 3. The summed E-state index contributed by atoms with van der Waals surface area (Å²) < 4.78 is 6.34. The summed E-state index contributed by atoms with van der Waals surface area (Å²) in [6.45, 7) is 0.328. The summed E-state index contributed by atoms with van der Waals surface area (Å²) in [6.07, 6.45) is 0. The lowest BCUT2D eigenvalue weighted by Gasteiger charge is -2.07. The van der Waals surface area contributed by atoms with Crippen LogP contribution < -0.4 is 5.32 Å². The number of halogens is 1. The van der Waals surface area contributed by atoms with Gasteiger partial charge in [0, 0.05) is 10.2 Å². The van der Waals surface area contributed by atoms with Crippen molar-refractivity contribution >= 4 is 27.5 Å². The standard InChI is InChI=1S/C16H13BrN2O2/c17-14-5-1-4-13(7-14)10-21-11-16(20)19-15-6-2-3-12(8-15)9-18/h1-8H,10-11H2,(H,19,20). The fourth-order valence-electron chi connectivity index (χ4n) is 1.75. The topological polar surface area (TPSA) is 62.1 Å². The van der Waals surface area contributed by atoms with Crippen molar-refractivity contribution in [3.63, 3.8) is 0 Å². The van der Waals surface area contributed by atoms with Crippen molar-refractivity contribution in [1.29, 1.82) is 5.26 Å². The van der Waals surface area contributed by atoms with Crippen molar-refractivity contribution in [2.45, 2.75) is 6.61 Å². The maximum atomic E-state index is 11.7. The third-order valence-corrected chi connectivity index (χ3v) is 3.16. The molecule has 5 heteroatoms. The summed E-state index contributed by atoms with van der Waals surface area (Å²) >= 11 is 3.38. The molecule has 0 saturated carbocycles. The van der Waals surface area contributed by atoms with E-state index < -0.39 is 0 Å². The molecular weight excluding hydrogens is 332 g/mol. The zero-order chi connectivity index (χ0) is 15.1. The second kappa shape index (κ2) is 7.58. The number of nitriles is 1. The number of nitrogens with one attached hydrogen (secondary N) is 1. The predicted octanol–water partition coefficient (Wildman–Crippen LogP) is 3.48. The van der Waals surface area contributed by atoms with Gasteiger partial charge in [-0.25, -0.2) is 0 Å². The molecule has 0 aliphatic carbocycles. The van der Waals surface area contributed by atoms with E-state index in [-0.39, 0.29) is 12.5 Å². The molecule has 0 aliphatic rings. The first-order chi connectivity index (χ1) is 10.2. The average molecular weight is 345 g/mol. The average Bonchev–Trinajstić information content (AvgIpc) is 2.47. The van der Waals surface area contributed by atoms with Gasteiger partial charge in [-0.2, -0.15) is 5.26 Å². The molecule has 0 radical (unpaired) electrons. The van der Waals surface area contributed by atoms with Crippen molar-refractivity contribution in [1.82, 2.24) is 0 Å². The minimum absolute atomic E-state index is 0.0384. The molecule has 106 valence electrons. The summed E-state index contributed by atoms with van der Waals surface area (Å²) in [7, 11) is 0. The molecule has 0 unspecified atom stereocenters. The highest BCUT2D eigenvalue weighted by Gasteiger charge is 2.04. The van der Waals surface area contributed by atoms with Crippen LogP contribution in [0.4, 0.5) is 5.69 Å². The molecule has 2 aromatic rings. The van der Waals surface area contributed by atoms with E-state index in [1.807, 2.05) is 30.3 Å². The van der Waals surface area contributed by atoms with Crippen LogP contribution in [-0.4, -0.2) is 12.5 Å². The molecule has 0 saturated heterocycles. The second-order valence-electron chi connectivity index (χ2n) is 4.36. The Morgan fingerprint density at radius 1 is 1.24 bits per heavy atom. The van der Waals surface area contributed by atoms with E-state index in [9.17, 15) is 4.79 Å². The van der Waals surface area contributed by atoms with Gasteiger partial charge in [0.25, 0.3) is 0 Å². The quantitative estimate of drug-likeness (QED) is 0.903. The largest absolute Gasteiger partial charge is 0.367 e. The number of rotatable bonds is 5. The third kappa shape index (κ3) is 5.03. The van der Waals surface area contributed by atoms with Crippen LogP contribution in [0.5, 0.6) is 0 Å². The van der Waals surface area contributed by atoms with E-state index in [4.69, 9.17) is 10.00 Å². The third-order valence-electron chi connectivity index (χ3n) is 2.67. The number of ether oxygens (including phenoxy) is 1. The Labute approximate surface area is 131 Å². The molecule has 0 heterocycles. The molecule has 1 amide bonds. The first-order valence-corrected chi connectivity index (χ1v) is 7.09. The summed E-state index contributed by atoms with van der Waals surface area (Å²) in [5.74, 6) is -0.250. The summed E-state index contributed by atoms with van der Waals surface area (Å²) in [5.41, 5.74) is 2.08. The van der Waals surface area contributed by atoms with Crippen LogP contribution in [0, 0.1) is 11.3 Å². The Balaban J connectivity index is 1.81. The van der Waals surface area contributed by atoms with E-state index in [2.05, 4.69) is 21.2 Å². The van der Waals surface area contributed by atoms with Gasteiger partial charge in [0.15, 0.2) is 0 Å². The molecule has 0 aliphatic heterocycles. The van der Waals surface area contributed by atoms with Crippen molar-refractivity contribution in [3.05, 3.63) is 64.1 Å². The van der Waals surface area contributed by atoms with Gasteiger partial charge in [-0.05, 0) is 35.9 Å². The maximum Gasteiger partial charge on any atom is 0.250 e. The first kappa shape index (κ1) is 15.2. The second-order valence-corrected chi connectivity index (χ2v) is 5.28. The molecule has 0 aromatic heterocycles. The molecule has 0 fully saturated rings. The Kier molecular flexibility index (Phi) is 5.50. The Hall–Kier alpha value is -2.16. The lowest BCUT2D eigenvalue weighted by molar-refractivity contribution is -0.121. The van der Waals surface area contributed by atoms with E-state index in [1.54, 1.807) is 24.3 Å². The number of carbonyl (C=O) groups excluding carboxylic acids is 1. The first-order valence-electron chi connectivity index (χ1n) is 6.29. The van der Waals surface area contributed by atoms with Crippen molar-refractivity contribution in [2.24, 2.45) is 0 Å². The van der Waals surface area contributed by atoms with E-state index in [0.29, 0.717) is 17.9 Å². The summed E-state index contributed by atoms with van der Waals surface area (Å²) in [5, 5.41) is 11.5. The molecule has 2 aromatic carbocycles. The monoisotopic (exact) mass is 344 g/mol. The lowest BCUT2D eigenvalue weighted by atomic mass is 10.2. The van der Waals surface area contributed by atoms with Crippen LogP contribution in [0.3, 0.4) is 0 Å². The number of nitrogens with zero attached hydrogens (tertiary/aromatic N) is 1. The lowest BCUT2D eigenvalue weighted by Crippen LogP contribution is -2.18. The van der Waals surface area contributed by atoms with Gasteiger partial charge in [-0.15, -0.1) is 0 Å². The zero-order valence-electron chi connectivity index (χ0n) is 11.2. The van der Waals surface area contributed by atoms with Crippen LogP contribution in [-0.2, 0) is 16.1 Å². The van der Waals surface area contributed by atoms with Crippen molar-refractivity contribution in [2.75, 3.05) is 11.9 Å². The van der Waals surface area contributed by atoms with Crippen LogP contribution in [0.25, 0.3) is 0 Å². The highest BCUT2D eigenvalue weighted by atomic mass is 79.9. The molecule has 21 heavy (non-hydrogen) atoms. The minimum Gasteiger partial charge on any atom is -0.367 e. The fourth-order valence-corrected chi connectivity index (χ4v) is 2.20. The van der Waals surface area contributed by atoms with Crippen LogP contribution in [0.15, 0.2) is 53.0 Å². The summed E-state index contributed by atoms with van der Waals surface area (Å²) in [6, 6.07) is 16.5. The minimum atomic E-state index is -0.250. The number of hydrogen-bond donors (Lipinski definition) is 1. The molecule has 2 rings (SSSR count). The van der Waals surface area contributed by atoms with E-state index >= 15 is 0 Å². The van der Waals surface area contributed by atoms with E-state index in [0.717, 1.165) is 10.0 Å². The Bertz CT molecular complexity index is 680. The zero-order valence-corrected chi connectivity index (χ0v) is 12.8. The van der Waals surface area contributed by atoms with Crippen LogP contribution in [0.2, 0.25) is 0 Å². The Morgan fingerprint density at radius 2 is 2.05 bits per heavy atom. The molecule has 0 bridgehead atoms. The number of anilines is 1. The molecule has 0 atom stereocenters. The summed E-state index contributed by atoms with van der Waals surface area (Å²) in [4.78, 5) is 11.7. The molecule has 0 spiro atoms. The number of benzene rings is 2. The molecule has 1 N–H and O–H groups in total. The highest BCUT2D eigenvalue weighted by molar-refractivity contribution is 9.10. The number of carbonyl (C=O) groups is 1. The smallest absolute Gasteiger partial charge is 0.250 e. The van der Waals surface area contributed by atoms with Gasteiger partial charge in [-0.3, -0.25) is 4.79 Å². The molecular formula is C16H13BrN2O2. The van der Waals surface area contributed by atoms with Crippen molar-refractivity contribution in [3.8, 4) is 6.07 Å². The van der Waals surface area contributed by atoms with Crippen molar-refractivity contribution < 1.29 is 9.53 Å². The van der Waals surface area contributed by atoms with Gasteiger partial charge in [-0.1, -0.05) is 34.1 Å². The van der Waals surface area contributed by atoms with Gasteiger partial charge in [0.05, 0.1) is 18.2 Å². The normalized spacial score (nSPS) is 9.90. The number of amides is 1. The van der Waals surface area contributed by atoms with Gasteiger partial charge in [0.1, 0.15) is 6.61 Å². The Morgan fingerprint density at radius 3 is 2.81 bits per heavy atom. The molecule has 4 nitrogen and oxygen atoms in total. The van der Waals surface area contributed by atoms with Gasteiger partial charge >= 0.3 is 0 Å². The van der Waals surface area contributed by atoms with Gasteiger partial charge in [0.2, 0.25) is 5.91 Å². The van der Waals surface area contributed by atoms with Crippen LogP contribution >= 0.6 is 15.9 Å². The fraction of sp³-hybridized carbons (Fsp3) is 0.125. The van der Waals surface area contributed by atoms with Gasteiger partial charge < -0.3 is 10.1 Å². The predicted molar refractivity (Wildman–Crippen MR) is 83.6 cm³/mol. The maximum absolute atomic E-state index is 11.7. The van der Waals surface area contributed by atoms with Crippen LogP contribution in [0.1, 0.15) is 11.1 Å².